The van der Waals surface area contributed by atoms with Gasteiger partial charge in [-0.15, -0.1) is 15.3 Å². The van der Waals surface area contributed by atoms with Gasteiger partial charge < -0.3 is 8.94 Å². The van der Waals surface area contributed by atoms with Crippen LogP contribution in [-0.4, -0.2) is 25.6 Å². The Morgan fingerprint density at radius 1 is 1.33 bits per heavy atom. The van der Waals surface area contributed by atoms with Crippen LogP contribution in [0.4, 0.5) is 13.2 Å². The summed E-state index contributed by atoms with van der Waals surface area (Å²) in [5.41, 5.74) is 8.09. The molecule has 0 aliphatic heterocycles. The minimum absolute atomic E-state index is 0.0570. The minimum Gasteiger partial charge on any atom is -0.415 e. The van der Waals surface area contributed by atoms with Crippen LogP contribution in [0.15, 0.2) is 38.8 Å². The first-order chi connectivity index (χ1) is 11.6. The summed E-state index contributed by atoms with van der Waals surface area (Å²) in [5, 5.41) is 16.0. The van der Waals surface area contributed by atoms with Gasteiger partial charge in [0, 0.05) is 16.4 Å². The third-order valence-electron chi connectivity index (χ3n) is 2.36. The van der Waals surface area contributed by atoms with Gasteiger partial charge in [0.15, 0.2) is 0 Å². The van der Waals surface area contributed by atoms with Gasteiger partial charge in [-0.3, -0.25) is 4.98 Å². The average molecular weight is 340 g/mol. The van der Waals surface area contributed by atoms with Crippen molar-refractivity contribution < 1.29 is 22.1 Å². The molecule has 0 saturated carbocycles. The molecule has 0 aliphatic carbocycles. The van der Waals surface area contributed by atoms with E-state index in [-0.39, 0.29) is 23.7 Å². The molecule has 3 aromatic rings. The van der Waals surface area contributed by atoms with Crippen LogP contribution < -0.4 is 0 Å². The molecule has 0 saturated heterocycles. The molecule has 0 spiro atoms. The number of hydrogen-bond donors (Lipinski definition) is 0. The van der Waals surface area contributed by atoms with Crippen LogP contribution in [0, 0.1) is 5.82 Å². The van der Waals surface area contributed by atoms with Gasteiger partial charge in [0.25, 0.3) is 5.89 Å². The quantitative estimate of drug-likeness (QED) is 0.404. The molecule has 0 N–H and O–H groups in total. The molecule has 0 fully saturated rings. The van der Waals surface area contributed by atoms with Crippen molar-refractivity contribution in [2.24, 2.45) is 5.11 Å². The van der Waals surface area contributed by atoms with E-state index in [2.05, 4.69) is 44.5 Å². The summed E-state index contributed by atoms with van der Waals surface area (Å²) in [5.74, 6) is -1.88. The lowest BCUT2D eigenvalue weighted by Gasteiger charge is -1.99. The van der Waals surface area contributed by atoms with Crippen molar-refractivity contribution in [1.82, 2.24) is 25.6 Å². The number of alkyl halides is 2. The van der Waals surface area contributed by atoms with E-state index in [0.29, 0.717) is 0 Å². The van der Waals surface area contributed by atoms with Crippen LogP contribution in [0.2, 0.25) is 0 Å². The van der Waals surface area contributed by atoms with Crippen LogP contribution in [0.25, 0.3) is 21.9 Å². The molecule has 3 aromatic heterocycles. The Morgan fingerprint density at radius 3 is 2.67 bits per heavy atom. The smallest absolute Gasteiger partial charge is 0.314 e. The first kappa shape index (κ1) is 16.9. The fourth-order valence-electron chi connectivity index (χ4n) is 1.37. The zero-order valence-electron chi connectivity index (χ0n) is 11.6. The van der Waals surface area contributed by atoms with Crippen LogP contribution in [-0.2, 0) is 6.54 Å². The molecule has 124 valence electrons. The van der Waals surface area contributed by atoms with Crippen molar-refractivity contribution in [3.8, 4) is 11.5 Å². The van der Waals surface area contributed by atoms with Gasteiger partial charge in [-0.25, -0.2) is 4.39 Å². The van der Waals surface area contributed by atoms with Gasteiger partial charge in [-0.2, -0.15) is 8.78 Å². The lowest BCUT2D eigenvalue weighted by atomic mass is 10.2. The fraction of sp³-hybridized carbons (Fsp3) is 0.182. The molecule has 0 aliphatic rings. The van der Waals surface area contributed by atoms with Gasteiger partial charge in [0.1, 0.15) is 12.1 Å². The second-order valence-corrected chi connectivity index (χ2v) is 3.88. The Bertz CT molecular complexity index is 799. The molecular formula is C11H7F3N8O2. The van der Waals surface area contributed by atoms with Crippen molar-refractivity contribution in [2.45, 2.75) is 13.0 Å². The van der Waals surface area contributed by atoms with E-state index >= 15 is 0 Å². The summed E-state index contributed by atoms with van der Waals surface area (Å²) < 4.78 is 46.9. The van der Waals surface area contributed by atoms with Gasteiger partial charge in [0.05, 0.1) is 24.0 Å². The molecular weight excluding hydrogens is 333 g/mol. The molecule has 24 heavy (non-hydrogen) atoms. The van der Waals surface area contributed by atoms with Crippen molar-refractivity contribution in [3.05, 3.63) is 52.6 Å². The second kappa shape index (κ2) is 8.24. The Hall–Kier alpha value is -3.47. The fourth-order valence-corrected chi connectivity index (χ4v) is 1.37. The van der Waals surface area contributed by atoms with E-state index in [1.807, 2.05) is 0 Å². The lowest BCUT2D eigenvalue weighted by molar-refractivity contribution is 0.116. The number of pyridine rings is 1. The van der Waals surface area contributed by atoms with E-state index in [0.717, 1.165) is 12.3 Å². The molecule has 3 rings (SSSR count). The summed E-state index contributed by atoms with van der Waals surface area (Å²) in [6.07, 6.45) is 1.14. The largest absolute Gasteiger partial charge is 0.415 e. The van der Waals surface area contributed by atoms with E-state index in [1.54, 1.807) is 0 Å². The molecule has 0 radical (unpaired) electrons. The first-order valence-corrected chi connectivity index (χ1v) is 6.10. The van der Waals surface area contributed by atoms with Crippen LogP contribution in [0.5, 0.6) is 0 Å². The molecule has 0 amide bonds. The Labute approximate surface area is 130 Å². The van der Waals surface area contributed by atoms with Crippen LogP contribution in [0.1, 0.15) is 18.0 Å². The molecule has 10 nitrogen and oxygen atoms in total. The molecule has 3 heterocycles. The van der Waals surface area contributed by atoms with E-state index in [1.165, 1.54) is 12.5 Å². The third-order valence-corrected chi connectivity index (χ3v) is 2.36. The third kappa shape index (κ3) is 4.51. The molecule has 0 bridgehead atoms. The van der Waals surface area contributed by atoms with E-state index < -0.39 is 18.1 Å². The van der Waals surface area contributed by atoms with Crippen molar-refractivity contribution in [1.29, 1.82) is 0 Å². The van der Waals surface area contributed by atoms with Gasteiger partial charge >= 0.3 is 6.43 Å². The highest BCUT2D eigenvalue weighted by Crippen LogP contribution is 2.23. The predicted octanol–water partition coefficient (Wildman–Crippen LogP) is 3.09. The highest BCUT2D eigenvalue weighted by molar-refractivity contribution is 5.51. The summed E-state index contributed by atoms with van der Waals surface area (Å²) in [4.78, 5) is 6.16. The summed E-state index contributed by atoms with van der Waals surface area (Å²) >= 11 is 0. The molecule has 0 aromatic carbocycles. The molecule has 13 heteroatoms. The first-order valence-electron chi connectivity index (χ1n) is 6.10. The van der Waals surface area contributed by atoms with Crippen LogP contribution in [0.3, 0.4) is 0 Å². The SMILES string of the molecule is [N-]=[N+]=NCc1ncc(-c2nnc(C(F)F)o2)cc1F.c1conn1. The van der Waals surface area contributed by atoms with Crippen molar-refractivity contribution >= 4 is 0 Å². The second-order valence-electron chi connectivity index (χ2n) is 3.88. The predicted molar refractivity (Wildman–Crippen MR) is 69.6 cm³/mol. The number of halogens is 3. The summed E-state index contributed by atoms with van der Waals surface area (Å²) in [7, 11) is 0. The zero-order valence-corrected chi connectivity index (χ0v) is 11.6. The minimum atomic E-state index is -2.90. The highest BCUT2D eigenvalue weighted by Gasteiger charge is 2.18. The lowest BCUT2D eigenvalue weighted by Crippen LogP contribution is -1.94. The van der Waals surface area contributed by atoms with Gasteiger partial charge in [0.2, 0.25) is 5.89 Å². The monoisotopic (exact) mass is 340 g/mol. The maximum Gasteiger partial charge on any atom is 0.314 e. The van der Waals surface area contributed by atoms with E-state index in [9.17, 15) is 13.2 Å². The topological polar surface area (TPSA) is 139 Å². The van der Waals surface area contributed by atoms with Gasteiger partial charge in [-0.05, 0) is 11.6 Å². The Balaban J connectivity index is 0.000000355. The summed E-state index contributed by atoms with van der Waals surface area (Å²) in [6.45, 7) is -0.255. The summed E-state index contributed by atoms with van der Waals surface area (Å²) in [6, 6.07) is 0.984. The maximum absolute atomic E-state index is 13.5. The van der Waals surface area contributed by atoms with Crippen LogP contribution >= 0.6 is 0 Å². The Kier molecular flexibility index (Phi) is 5.80. The Morgan fingerprint density at radius 2 is 2.17 bits per heavy atom. The normalized spacial score (nSPS) is 10.0. The average Bonchev–Trinajstić information content (AvgIpc) is 3.27. The molecule has 0 atom stereocenters. The van der Waals surface area contributed by atoms with E-state index in [4.69, 9.17) is 5.53 Å². The van der Waals surface area contributed by atoms with Crippen molar-refractivity contribution in [3.63, 3.8) is 0 Å². The molecule has 0 unspecified atom stereocenters. The van der Waals surface area contributed by atoms with Gasteiger partial charge in [-0.1, -0.05) is 5.11 Å². The highest BCUT2D eigenvalue weighted by atomic mass is 19.3. The number of hydrogen-bond acceptors (Lipinski definition) is 8. The standard InChI is InChI=1S/C9H5F3N6O.C2H2N2O/c10-5-1-4(2-14-6(5)3-15-18-13)8-16-17-9(19-8)7(11)12;1-2-5-4-3-1/h1-2,7H,3H2;1-2H. The number of aromatic nitrogens is 5. The number of rotatable bonds is 4. The zero-order chi connectivity index (χ0) is 17.4. The maximum atomic E-state index is 13.5. The van der Waals surface area contributed by atoms with Crippen molar-refractivity contribution in [2.75, 3.05) is 0 Å². The number of azide groups is 1. The number of nitrogens with zero attached hydrogens (tertiary/aromatic N) is 8.